The van der Waals surface area contributed by atoms with E-state index in [1.807, 2.05) is 6.07 Å². The van der Waals surface area contributed by atoms with Crippen LogP contribution in [0.4, 0.5) is 16.2 Å². The number of fused-ring (bicyclic) bond motifs is 1. The normalized spacial score (nSPS) is 19.7. The van der Waals surface area contributed by atoms with Crippen LogP contribution >= 0.6 is 11.6 Å². The summed E-state index contributed by atoms with van der Waals surface area (Å²) in [5.41, 5.74) is 3.66. The first kappa shape index (κ1) is 23.8. The van der Waals surface area contributed by atoms with Gasteiger partial charge in [-0.1, -0.05) is 30.9 Å². The molecule has 2 fully saturated rings. The number of hydrazone groups is 1. The third-order valence-electron chi connectivity index (χ3n) is 7.21. The van der Waals surface area contributed by atoms with E-state index in [1.165, 1.54) is 6.42 Å². The summed E-state index contributed by atoms with van der Waals surface area (Å²) in [7, 11) is 1.59. The molecule has 2 amide bonds. The van der Waals surface area contributed by atoms with Gasteiger partial charge in [-0.15, -0.1) is 0 Å². The molecule has 0 spiro atoms. The Morgan fingerprint density at radius 3 is 2.43 bits per heavy atom. The molecule has 2 aliphatic heterocycles. The monoisotopic (exact) mass is 495 g/mol. The summed E-state index contributed by atoms with van der Waals surface area (Å²) in [5, 5.41) is 7.20. The van der Waals surface area contributed by atoms with Crippen LogP contribution in [0, 0.1) is 5.92 Å². The number of amides is 2. The maximum absolute atomic E-state index is 14.2. The maximum Gasteiger partial charge on any atom is 0.349 e. The number of halogens is 1. The fourth-order valence-corrected chi connectivity index (χ4v) is 5.54. The summed E-state index contributed by atoms with van der Waals surface area (Å²) in [4.78, 5) is 27.1. The van der Waals surface area contributed by atoms with Crippen molar-refractivity contribution in [3.63, 3.8) is 0 Å². The third kappa shape index (κ3) is 4.67. The van der Waals surface area contributed by atoms with Crippen molar-refractivity contribution in [3.05, 3.63) is 52.5 Å². The van der Waals surface area contributed by atoms with E-state index in [1.54, 1.807) is 47.4 Å². The number of carbonyl (C=O) groups is 2. The molecule has 1 saturated carbocycles. The van der Waals surface area contributed by atoms with Gasteiger partial charge in [0.05, 0.1) is 35.3 Å². The Hall–Kier alpha value is -2.90. The van der Waals surface area contributed by atoms with Gasteiger partial charge >= 0.3 is 6.03 Å². The Balaban J connectivity index is 1.71. The predicted molar refractivity (Wildman–Crippen MR) is 136 cm³/mol. The van der Waals surface area contributed by atoms with Crippen LogP contribution < -0.4 is 9.64 Å². The molecule has 35 heavy (non-hydrogen) atoms. The third-order valence-corrected chi connectivity index (χ3v) is 7.50. The Morgan fingerprint density at radius 1 is 1.06 bits per heavy atom. The molecule has 1 aliphatic carbocycles. The van der Waals surface area contributed by atoms with Gasteiger partial charge in [-0.25, -0.2) is 9.80 Å². The standard InChI is InChI=1S/C27H30ClN3O4/c1-34-25-15-22-24(16-23(25)28)30(20-9-7-18(17-32)8-10-20)27(33)31(21-11-13-35-14-12-21)29-26(22)19-5-3-2-4-6-19/h7-10,15-17,19,21H,2-6,11-14H2,1H3. The van der Waals surface area contributed by atoms with Gasteiger partial charge in [0, 0.05) is 30.3 Å². The van der Waals surface area contributed by atoms with Crippen LogP contribution in [0.2, 0.25) is 5.02 Å². The van der Waals surface area contributed by atoms with Crippen LogP contribution in [0.25, 0.3) is 0 Å². The number of rotatable bonds is 5. The molecule has 5 rings (SSSR count). The molecule has 0 unspecified atom stereocenters. The number of methoxy groups -OCH3 is 1. The van der Waals surface area contributed by atoms with Gasteiger partial charge in [0.15, 0.2) is 0 Å². The predicted octanol–water partition coefficient (Wildman–Crippen LogP) is 6.20. The summed E-state index contributed by atoms with van der Waals surface area (Å²) >= 11 is 6.60. The van der Waals surface area contributed by atoms with Crippen molar-refractivity contribution in [3.8, 4) is 5.75 Å². The molecule has 2 heterocycles. The fraction of sp³-hybridized carbons (Fsp3) is 0.444. The zero-order valence-electron chi connectivity index (χ0n) is 19.9. The van der Waals surface area contributed by atoms with Crippen LogP contribution in [0.1, 0.15) is 60.9 Å². The average molecular weight is 496 g/mol. The van der Waals surface area contributed by atoms with Gasteiger partial charge in [0.2, 0.25) is 0 Å². The average Bonchev–Trinajstić information content (AvgIpc) is 3.03. The van der Waals surface area contributed by atoms with Gasteiger partial charge in [-0.05, 0) is 62.1 Å². The van der Waals surface area contributed by atoms with Gasteiger partial charge < -0.3 is 9.47 Å². The second kappa shape index (κ2) is 10.4. The zero-order chi connectivity index (χ0) is 24.4. The Morgan fingerprint density at radius 2 is 1.77 bits per heavy atom. The van der Waals surface area contributed by atoms with Gasteiger partial charge in [0.1, 0.15) is 12.0 Å². The molecule has 0 bridgehead atoms. The van der Waals surface area contributed by atoms with Crippen molar-refractivity contribution in [2.45, 2.75) is 51.0 Å². The van der Waals surface area contributed by atoms with E-state index in [0.717, 1.165) is 56.1 Å². The topological polar surface area (TPSA) is 71.4 Å². The van der Waals surface area contributed by atoms with Crippen molar-refractivity contribution < 1.29 is 19.1 Å². The quantitative estimate of drug-likeness (QED) is 0.463. The molecule has 2 aromatic carbocycles. The number of hydrogen-bond donors (Lipinski definition) is 0. The van der Waals surface area contributed by atoms with Crippen molar-refractivity contribution in [2.24, 2.45) is 11.0 Å². The van der Waals surface area contributed by atoms with E-state index in [0.29, 0.717) is 40.9 Å². The van der Waals surface area contributed by atoms with E-state index >= 15 is 0 Å². The molecule has 0 radical (unpaired) electrons. The number of anilines is 2. The Labute approximate surface area is 210 Å². The molecular formula is C27H30ClN3O4. The molecule has 184 valence electrons. The minimum Gasteiger partial charge on any atom is -0.495 e. The summed E-state index contributed by atoms with van der Waals surface area (Å²) in [6.45, 7) is 1.20. The van der Waals surface area contributed by atoms with Crippen LogP contribution in [0.5, 0.6) is 5.75 Å². The maximum atomic E-state index is 14.2. The van der Waals surface area contributed by atoms with Gasteiger partial charge in [-0.2, -0.15) is 5.10 Å². The molecule has 0 atom stereocenters. The lowest BCUT2D eigenvalue weighted by Crippen LogP contribution is -2.45. The highest BCUT2D eigenvalue weighted by Gasteiger charge is 2.38. The van der Waals surface area contributed by atoms with Crippen LogP contribution in [0.3, 0.4) is 0 Å². The van der Waals surface area contributed by atoms with E-state index in [-0.39, 0.29) is 18.0 Å². The number of nitrogens with zero attached hydrogens (tertiary/aromatic N) is 3. The number of aldehydes is 1. The molecular weight excluding hydrogens is 466 g/mol. The lowest BCUT2D eigenvalue weighted by atomic mass is 9.82. The van der Waals surface area contributed by atoms with E-state index < -0.39 is 0 Å². The molecule has 0 aromatic heterocycles. The highest BCUT2D eigenvalue weighted by Crippen LogP contribution is 2.42. The van der Waals surface area contributed by atoms with Crippen molar-refractivity contribution in [2.75, 3.05) is 25.2 Å². The number of benzene rings is 2. The lowest BCUT2D eigenvalue weighted by molar-refractivity contribution is 0.0480. The highest BCUT2D eigenvalue weighted by molar-refractivity contribution is 6.33. The SMILES string of the molecule is COc1cc2c(cc1Cl)N(c1ccc(C=O)cc1)C(=O)N(C1CCOCC1)N=C2C1CCCCC1. The zero-order valence-corrected chi connectivity index (χ0v) is 20.7. The second-order valence-electron chi connectivity index (χ2n) is 9.34. The Bertz CT molecular complexity index is 1120. The lowest BCUT2D eigenvalue weighted by Gasteiger charge is -2.33. The molecule has 2 aromatic rings. The van der Waals surface area contributed by atoms with Gasteiger partial charge in [-0.3, -0.25) is 9.69 Å². The molecule has 7 nitrogen and oxygen atoms in total. The van der Waals surface area contributed by atoms with Gasteiger partial charge in [0.25, 0.3) is 0 Å². The molecule has 8 heteroatoms. The summed E-state index contributed by atoms with van der Waals surface area (Å²) in [6, 6.07) is 10.4. The molecule has 1 saturated heterocycles. The summed E-state index contributed by atoms with van der Waals surface area (Å²) in [5.74, 6) is 0.804. The van der Waals surface area contributed by atoms with Crippen molar-refractivity contribution in [1.82, 2.24) is 5.01 Å². The number of hydrogen-bond acceptors (Lipinski definition) is 5. The molecule has 0 N–H and O–H groups in total. The number of urea groups is 1. The smallest absolute Gasteiger partial charge is 0.349 e. The first-order valence-corrected chi connectivity index (χ1v) is 12.7. The molecule has 3 aliphatic rings. The minimum absolute atomic E-state index is 0.0572. The highest BCUT2D eigenvalue weighted by atomic mass is 35.5. The first-order valence-electron chi connectivity index (χ1n) is 12.3. The fourth-order valence-electron chi connectivity index (χ4n) is 5.30. The summed E-state index contributed by atoms with van der Waals surface area (Å²) < 4.78 is 11.1. The summed E-state index contributed by atoms with van der Waals surface area (Å²) in [6.07, 6.45) is 7.83. The van der Waals surface area contributed by atoms with E-state index in [9.17, 15) is 9.59 Å². The van der Waals surface area contributed by atoms with E-state index in [2.05, 4.69) is 0 Å². The Kier molecular flexibility index (Phi) is 7.07. The van der Waals surface area contributed by atoms with Crippen LogP contribution in [-0.4, -0.2) is 49.4 Å². The van der Waals surface area contributed by atoms with Crippen LogP contribution in [0.15, 0.2) is 41.5 Å². The van der Waals surface area contributed by atoms with Crippen molar-refractivity contribution >= 4 is 41.0 Å². The van der Waals surface area contributed by atoms with Crippen LogP contribution in [-0.2, 0) is 4.74 Å². The first-order chi connectivity index (χ1) is 17.1. The second-order valence-corrected chi connectivity index (χ2v) is 9.75. The number of ether oxygens (including phenoxy) is 2. The largest absolute Gasteiger partial charge is 0.495 e. The van der Waals surface area contributed by atoms with E-state index in [4.69, 9.17) is 26.2 Å². The minimum atomic E-state index is -0.232. The van der Waals surface area contributed by atoms with Crippen molar-refractivity contribution in [1.29, 1.82) is 0 Å². The number of carbonyl (C=O) groups excluding carboxylic acids is 2.